The van der Waals surface area contributed by atoms with Crippen molar-refractivity contribution in [2.45, 2.75) is 19.9 Å². The summed E-state index contributed by atoms with van der Waals surface area (Å²) in [5.74, 6) is 0. The summed E-state index contributed by atoms with van der Waals surface area (Å²) in [4.78, 5) is 10.7. The number of nitro groups is 1. The molecule has 0 atom stereocenters. The quantitative estimate of drug-likeness (QED) is 0.477. The van der Waals surface area contributed by atoms with Gasteiger partial charge >= 0.3 is 0 Å². The van der Waals surface area contributed by atoms with Gasteiger partial charge in [-0.25, -0.2) is 0 Å². The highest BCUT2D eigenvalue weighted by atomic mass is 35.5. The fourth-order valence-corrected chi connectivity index (χ4v) is 2.71. The second-order valence-corrected chi connectivity index (χ2v) is 5.90. The standard InChI is InChI=1S/C16H16Cl2N2O2/c1-11-2-5-16(20(21)22)13(8-11)10-19-7-6-12-3-4-14(17)9-15(12)18/h2-5,8-9,19H,6-7,10H2,1H3. The van der Waals surface area contributed by atoms with Crippen molar-refractivity contribution in [3.63, 3.8) is 0 Å². The molecule has 0 radical (unpaired) electrons. The highest BCUT2D eigenvalue weighted by Crippen LogP contribution is 2.22. The van der Waals surface area contributed by atoms with Gasteiger partial charge in [-0.3, -0.25) is 10.1 Å². The topological polar surface area (TPSA) is 55.2 Å². The molecule has 0 spiro atoms. The van der Waals surface area contributed by atoms with Gasteiger partial charge in [0.05, 0.1) is 4.92 Å². The molecule has 4 nitrogen and oxygen atoms in total. The van der Waals surface area contributed by atoms with Crippen molar-refractivity contribution in [3.8, 4) is 0 Å². The van der Waals surface area contributed by atoms with Crippen molar-refractivity contribution in [1.29, 1.82) is 0 Å². The van der Waals surface area contributed by atoms with Gasteiger partial charge in [-0.1, -0.05) is 40.9 Å². The van der Waals surface area contributed by atoms with Crippen LogP contribution in [0, 0.1) is 17.0 Å². The summed E-state index contributed by atoms with van der Waals surface area (Å²) in [6.07, 6.45) is 0.732. The van der Waals surface area contributed by atoms with Crippen molar-refractivity contribution in [2.75, 3.05) is 6.54 Å². The van der Waals surface area contributed by atoms with Crippen molar-refractivity contribution in [1.82, 2.24) is 5.32 Å². The average Bonchev–Trinajstić information content (AvgIpc) is 2.45. The molecular formula is C16H16Cl2N2O2. The Balaban J connectivity index is 1.94. The number of benzene rings is 2. The fraction of sp³-hybridized carbons (Fsp3) is 0.250. The van der Waals surface area contributed by atoms with Crippen LogP contribution in [-0.2, 0) is 13.0 Å². The van der Waals surface area contributed by atoms with Crippen LogP contribution in [0.4, 0.5) is 5.69 Å². The number of hydrogen-bond acceptors (Lipinski definition) is 3. The maximum Gasteiger partial charge on any atom is 0.273 e. The van der Waals surface area contributed by atoms with Gasteiger partial charge < -0.3 is 5.32 Å². The lowest BCUT2D eigenvalue weighted by Crippen LogP contribution is -2.17. The number of nitrogens with one attached hydrogen (secondary N) is 1. The van der Waals surface area contributed by atoms with Gasteiger partial charge in [0.15, 0.2) is 0 Å². The number of aryl methyl sites for hydroxylation is 1. The van der Waals surface area contributed by atoms with Crippen LogP contribution in [0.25, 0.3) is 0 Å². The van der Waals surface area contributed by atoms with E-state index in [1.165, 1.54) is 0 Å². The van der Waals surface area contributed by atoms with E-state index in [9.17, 15) is 10.1 Å². The average molecular weight is 339 g/mol. The summed E-state index contributed by atoms with van der Waals surface area (Å²) in [5, 5.41) is 15.5. The van der Waals surface area contributed by atoms with Crippen LogP contribution < -0.4 is 5.32 Å². The van der Waals surface area contributed by atoms with Gasteiger partial charge in [0, 0.05) is 28.2 Å². The molecule has 2 aromatic rings. The molecule has 0 aliphatic carbocycles. The van der Waals surface area contributed by atoms with Crippen LogP contribution in [0.15, 0.2) is 36.4 Å². The van der Waals surface area contributed by atoms with E-state index < -0.39 is 0 Å². The summed E-state index contributed by atoms with van der Waals surface area (Å²) in [5.41, 5.74) is 2.83. The Kier molecular flexibility index (Phi) is 5.77. The van der Waals surface area contributed by atoms with Gasteiger partial charge in [0.1, 0.15) is 0 Å². The van der Waals surface area contributed by atoms with Crippen molar-refractivity contribution >= 4 is 28.9 Å². The predicted octanol–water partition coefficient (Wildman–Crippen LogP) is 4.54. The Hall–Kier alpha value is -1.62. The second-order valence-electron chi connectivity index (χ2n) is 5.05. The molecule has 2 rings (SSSR count). The lowest BCUT2D eigenvalue weighted by molar-refractivity contribution is -0.385. The van der Waals surface area contributed by atoms with Gasteiger partial charge in [-0.05, 0) is 43.7 Å². The highest BCUT2D eigenvalue weighted by Gasteiger charge is 2.12. The molecule has 0 aliphatic heterocycles. The van der Waals surface area contributed by atoms with E-state index in [-0.39, 0.29) is 10.6 Å². The number of nitrogens with zero attached hydrogens (tertiary/aromatic N) is 1. The van der Waals surface area contributed by atoms with E-state index >= 15 is 0 Å². The molecule has 0 bridgehead atoms. The zero-order valence-corrected chi connectivity index (χ0v) is 13.6. The van der Waals surface area contributed by atoms with E-state index in [4.69, 9.17) is 23.2 Å². The summed E-state index contributed by atoms with van der Waals surface area (Å²) >= 11 is 12.0. The summed E-state index contributed by atoms with van der Waals surface area (Å²) in [6, 6.07) is 10.5. The van der Waals surface area contributed by atoms with Crippen molar-refractivity contribution < 1.29 is 4.92 Å². The van der Waals surface area contributed by atoms with Crippen LogP contribution >= 0.6 is 23.2 Å². The Morgan fingerprint density at radius 2 is 1.91 bits per heavy atom. The first-order valence-corrected chi connectivity index (χ1v) is 7.61. The molecule has 22 heavy (non-hydrogen) atoms. The molecule has 0 heterocycles. The van der Waals surface area contributed by atoms with Crippen LogP contribution in [0.3, 0.4) is 0 Å². The molecule has 2 aromatic carbocycles. The monoisotopic (exact) mass is 338 g/mol. The fourth-order valence-electron chi connectivity index (χ4n) is 2.20. The molecule has 0 unspecified atom stereocenters. The van der Waals surface area contributed by atoms with E-state index in [1.54, 1.807) is 24.3 Å². The van der Waals surface area contributed by atoms with Crippen LogP contribution in [0.2, 0.25) is 10.0 Å². The Labute approximate surface area is 139 Å². The molecule has 0 aromatic heterocycles. The lowest BCUT2D eigenvalue weighted by Gasteiger charge is -2.08. The molecule has 116 valence electrons. The Morgan fingerprint density at radius 3 is 2.59 bits per heavy atom. The molecule has 0 amide bonds. The van der Waals surface area contributed by atoms with Crippen LogP contribution in [0.1, 0.15) is 16.7 Å². The van der Waals surface area contributed by atoms with E-state index in [0.717, 1.165) is 17.5 Å². The number of nitro benzene ring substituents is 1. The third-order valence-corrected chi connectivity index (χ3v) is 3.92. The number of hydrogen-bond donors (Lipinski definition) is 1. The summed E-state index contributed by atoms with van der Waals surface area (Å²) in [7, 11) is 0. The van der Waals surface area contributed by atoms with E-state index in [1.807, 2.05) is 19.1 Å². The second kappa shape index (κ2) is 7.58. The first kappa shape index (κ1) is 16.7. The van der Waals surface area contributed by atoms with Crippen LogP contribution in [-0.4, -0.2) is 11.5 Å². The van der Waals surface area contributed by atoms with E-state index in [0.29, 0.717) is 28.7 Å². The van der Waals surface area contributed by atoms with Gasteiger partial charge in [0.2, 0.25) is 0 Å². The minimum Gasteiger partial charge on any atom is -0.312 e. The minimum absolute atomic E-state index is 0.141. The third-order valence-electron chi connectivity index (χ3n) is 3.33. The zero-order chi connectivity index (χ0) is 16.1. The van der Waals surface area contributed by atoms with Gasteiger partial charge in [0.25, 0.3) is 5.69 Å². The number of rotatable bonds is 6. The smallest absolute Gasteiger partial charge is 0.273 e. The van der Waals surface area contributed by atoms with Gasteiger partial charge in [-0.2, -0.15) is 0 Å². The largest absolute Gasteiger partial charge is 0.312 e. The molecule has 0 saturated heterocycles. The van der Waals surface area contributed by atoms with E-state index in [2.05, 4.69) is 5.32 Å². The van der Waals surface area contributed by atoms with Crippen molar-refractivity contribution in [3.05, 3.63) is 73.2 Å². The molecule has 0 saturated carbocycles. The third kappa shape index (κ3) is 4.44. The molecule has 6 heteroatoms. The Morgan fingerprint density at radius 1 is 1.14 bits per heavy atom. The number of halogens is 2. The van der Waals surface area contributed by atoms with Gasteiger partial charge in [-0.15, -0.1) is 0 Å². The maximum absolute atomic E-state index is 11.0. The normalized spacial score (nSPS) is 10.7. The summed E-state index contributed by atoms with van der Waals surface area (Å²) < 4.78 is 0. The summed E-state index contributed by atoms with van der Waals surface area (Å²) in [6.45, 7) is 3.04. The first-order valence-electron chi connectivity index (χ1n) is 6.86. The SMILES string of the molecule is Cc1ccc([N+](=O)[O-])c(CNCCc2ccc(Cl)cc2Cl)c1. The lowest BCUT2D eigenvalue weighted by atomic mass is 10.1. The first-order chi connectivity index (χ1) is 10.5. The predicted molar refractivity (Wildman–Crippen MR) is 89.7 cm³/mol. The molecule has 0 fully saturated rings. The molecule has 0 aliphatic rings. The van der Waals surface area contributed by atoms with Crippen LogP contribution in [0.5, 0.6) is 0 Å². The Bertz CT molecular complexity index is 690. The van der Waals surface area contributed by atoms with Crippen molar-refractivity contribution in [2.24, 2.45) is 0 Å². The minimum atomic E-state index is -0.355. The molecular weight excluding hydrogens is 323 g/mol. The maximum atomic E-state index is 11.0. The highest BCUT2D eigenvalue weighted by molar-refractivity contribution is 6.35. The zero-order valence-electron chi connectivity index (χ0n) is 12.1. The molecule has 1 N–H and O–H groups in total.